The van der Waals surface area contributed by atoms with Gasteiger partial charge in [0.15, 0.2) is 10.3 Å². The molecule has 28 heavy (non-hydrogen) atoms. The molecule has 1 atom stereocenters. The predicted molar refractivity (Wildman–Crippen MR) is 125 cm³/mol. The zero-order valence-electron chi connectivity index (χ0n) is 15.1. The summed E-state index contributed by atoms with van der Waals surface area (Å²) >= 11 is 7.05. The summed E-state index contributed by atoms with van der Waals surface area (Å²) in [6.07, 6.45) is 1.00. The largest absolute Gasteiger partial charge is 0.335 e. The van der Waals surface area contributed by atoms with Gasteiger partial charge in [0.25, 0.3) is 0 Å². The van der Waals surface area contributed by atoms with Crippen molar-refractivity contribution >= 4 is 55.5 Å². The minimum atomic E-state index is 0.341. The Bertz CT molecular complexity index is 987. The number of hydrogen-bond acceptors (Lipinski definition) is 6. The fourth-order valence-corrected chi connectivity index (χ4v) is 5.83. The topological polar surface area (TPSA) is 40.0 Å². The molecule has 2 aromatic rings. The number of anilines is 1. The molecule has 1 unspecified atom stereocenters. The van der Waals surface area contributed by atoms with E-state index in [1.807, 2.05) is 0 Å². The van der Waals surface area contributed by atoms with Crippen LogP contribution in [0.3, 0.4) is 0 Å². The summed E-state index contributed by atoms with van der Waals surface area (Å²) in [4.78, 5) is 12.0. The van der Waals surface area contributed by atoms with E-state index in [1.54, 1.807) is 23.5 Å². The van der Waals surface area contributed by atoms with E-state index in [2.05, 4.69) is 85.1 Å². The average molecular weight is 471 g/mol. The standard InChI is InChI=1S/C21H19BrN4S2/c22-16-7-6-15-10-23-20(25-19(15)9-16)27-12-18-13-28-21-24-17(11-26(18)21)8-14-4-2-1-3-5-14/h1-7,9,13,17H,8,10-12H2,(H,23,25). The molecule has 3 aliphatic heterocycles. The Labute approximate surface area is 181 Å². The highest BCUT2D eigenvalue weighted by atomic mass is 79.9. The Kier molecular flexibility index (Phi) is 5.22. The predicted octanol–water partition coefficient (Wildman–Crippen LogP) is 5.33. The second-order valence-electron chi connectivity index (χ2n) is 6.93. The highest BCUT2D eigenvalue weighted by Gasteiger charge is 2.32. The number of aliphatic imine (C=N–C) groups is 2. The Morgan fingerprint density at radius 2 is 2.11 bits per heavy atom. The fraction of sp³-hybridized carbons (Fsp3) is 0.238. The SMILES string of the molecule is Brc1ccc2c(c1)NC(SCC1=CSC3=NC(Cc4ccccc4)CN13)=NC2. The molecule has 0 spiro atoms. The van der Waals surface area contributed by atoms with E-state index in [4.69, 9.17) is 4.99 Å². The van der Waals surface area contributed by atoms with E-state index in [0.717, 1.165) is 45.8 Å². The van der Waals surface area contributed by atoms with E-state index >= 15 is 0 Å². The first kappa shape index (κ1) is 18.3. The van der Waals surface area contributed by atoms with Crippen molar-refractivity contribution < 1.29 is 0 Å². The zero-order chi connectivity index (χ0) is 18.9. The molecule has 0 saturated heterocycles. The van der Waals surface area contributed by atoms with E-state index in [-0.39, 0.29) is 0 Å². The van der Waals surface area contributed by atoms with Crippen molar-refractivity contribution in [2.45, 2.75) is 19.0 Å². The maximum absolute atomic E-state index is 4.92. The molecule has 7 heteroatoms. The molecule has 142 valence electrons. The molecule has 0 radical (unpaired) electrons. The van der Waals surface area contributed by atoms with Gasteiger partial charge in [-0.2, -0.15) is 0 Å². The summed E-state index contributed by atoms with van der Waals surface area (Å²) in [5.74, 6) is 0.902. The Morgan fingerprint density at radius 1 is 1.21 bits per heavy atom. The van der Waals surface area contributed by atoms with Crippen LogP contribution >= 0.6 is 39.5 Å². The fourth-order valence-electron chi connectivity index (χ4n) is 3.52. The highest BCUT2D eigenvalue weighted by molar-refractivity contribution is 9.10. The Balaban J connectivity index is 1.18. The third-order valence-corrected chi connectivity index (χ3v) is 7.31. The molecule has 1 N–H and O–H groups in total. The van der Waals surface area contributed by atoms with E-state index < -0.39 is 0 Å². The van der Waals surface area contributed by atoms with Crippen LogP contribution in [0.5, 0.6) is 0 Å². The van der Waals surface area contributed by atoms with Gasteiger partial charge in [-0.15, -0.1) is 0 Å². The lowest BCUT2D eigenvalue weighted by Gasteiger charge is -2.21. The second kappa shape index (κ2) is 7.97. The smallest absolute Gasteiger partial charge is 0.168 e. The summed E-state index contributed by atoms with van der Waals surface area (Å²) in [7, 11) is 0. The van der Waals surface area contributed by atoms with Gasteiger partial charge in [0, 0.05) is 28.2 Å². The molecule has 0 aromatic heterocycles. The van der Waals surface area contributed by atoms with Gasteiger partial charge in [0.2, 0.25) is 0 Å². The zero-order valence-corrected chi connectivity index (χ0v) is 18.4. The molecule has 3 aliphatic rings. The van der Waals surface area contributed by atoms with E-state index in [1.165, 1.54) is 16.8 Å². The number of amidine groups is 2. The van der Waals surface area contributed by atoms with Crippen molar-refractivity contribution in [3.63, 3.8) is 0 Å². The van der Waals surface area contributed by atoms with Gasteiger partial charge < -0.3 is 10.2 Å². The van der Waals surface area contributed by atoms with Crippen molar-refractivity contribution in [3.8, 4) is 0 Å². The molecule has 5 rings (SSSR count). The summed E-state index contributed by atoms with van der Waals surface area (Å²) in [6, 6.07) is 17.3. The molecule has 0 saturated carbocycles. The van der Waals surface area contributed by atoms with Crippen molar-refractivity contribution in [1.82, 2.24) is 4.90 Å². The van der Waals surface area contributed by atoms with Gasteiger partial charge in [-0.05, 0) is 35.1 Å². The lowest BCUT2D eigenvalue weighted by Crippen LogP contribution is -2.26. The first-order valence-corrected chi connectivity index (χ1v) is 11.9. The number of fused-ring (bicyclic) bond motifs is 2. The molecule has 0 fully saturated rings. The van der Waals surface area contributed by atoms with Gasteiger partial charge in [0.05, 0.1) is 12.6 Å². The number of hydrogen-bond donors (Lipinski definition) is 1. The quantitative estimate of drug-likeness (QED) is 0.654. The second-order valence-corrected chi connectivity index (χ2v) is 9.65. The van der Waals surface area contributed by atoms with Crippen LogP contribution < -0.4 is 5.32 Å². The van der Waals surface area contributed by atoms with Crippen LogP contribution in [0.25, 0.3) is 0 Å². The lowest BCUT2D eigenvalue weighted by molar-refractivity contribution is 0.512. The van der Waals surface area contributed by atoms with Crippen LogP contribution in [0.15, 0.2) is 74.1 Å². The third kappa shape index (κ3) is 3.88. The minimum absolute atomic E-state index is 0.341. The third-order valence-electron chi connectivity index (χ3n) is 4.94. The number of thioether (sulfide) groups is 2. The number of rotatable bonds is 4. The summed E-state index contributed by atoms with van der Waals surface area (Å²) in [5, 5.41) is 7.83. The first-order valence-electron chi connectivity index (χ1n) is 9.22. The Morgan fingerprint density at radius 3 is 3.00 bits per heavy atom. The maximum atomic E-state index is 4.92. The van der Waals surface area contributed by atoms with Gasteiger partial charge in [-0.25, -0.2) is 0 Å². The first-order chi connectivity index (χ1) is 13.7. The van der Waals surface area contributed by atoms with Crippen LogP contribution in [0, 0.1) is 0 Å². The van der Waals surface area contributed by atoms with Crippen LogP contribution in [0.1, 0.15) is 11.1 Å². The van der Waals surface area contributed by atoms with Gasteiger partial charge in [-0.3, -0.25) is 9.98 Å². The van der Waals surface area contributed by atoms with E-state index in [0.29, 0.717) is 6.04 Å². The number of nitrogens with zero attached hydrogens (tertiary/aromatic N) is 3. The molecule has 0 amide bonds. The number of halogens is 1. The van der Waals surface area contributed by atoms with Gasteiger partial charge >= 0.3 is 0 Å². The number of benzene rings is 2. The normalized spacial score (nSPS) is 20.1. The van der Waals surface area contributed by atoms with Crippen LogP contribution in [-0.2, 0) is 13.0 Å². The van der Waals surface area contributed by atoms with E-state index in [9.17, 15) is 0 Å². The van der Waals surface area contributed by atoms with Crippen LogP contribution in [0.2, 0.25) is 0 Å². The summed E-state index contributed by atoms with van der Waals surface area (Å²) < 4.78 is 1.09. The molecule has 2 aromatic carbocycles. The highest BCUT2D eigenvalue weighted by Crippen LogP contribution is 2.35. The molecule has 0 aliphatic carbocycles. The van der Waals surface area contributed by atoms with Gasteiger partial charge in [-0.1, -0.05) is 75.9 Å². The molecule has 3 heterocycles. The maximum Gasteiger partial charge on any atom is 0.168 e. The lowest BCUT2D eigenvalue weighted by atomic mass is 10.1. The molecular weight excluding hydrogens is 452 g/mol. The molecule has 0 bridgehead atoms. The summed E-state index contributed by atoms with van der Waals surface area (Å²) in [6.45, 7) is 1.71. The van der Waals surface area contributed by atoms with Crippen molar-refractivity contribution in [2.75, 3.05) is 17.6 Å². The minimum Gasteiger partial charge on any atom is -0.335 e. The Hall–Kier alpha value is -1.70. The monoisotopic (exact) mass is 470 g/mol. The van der Waals surface area contributed by atoms with Crippen molar-refractivity contribution in [2.24, 2.45) is 9.98 Å². The summed E-state index contributed by atoms with van der Waals surface area (Å²) in [5.41, 5.74) is 5.07. The average Bonchev–Trinajstić information content (AvgIpc) is 3.27. The van der Waals surface area contributed by atoms with Crippen molar-refractivity contribution in [1.29, 1.82) is 0 Å². The molecule has 4 nitrogen and oxygen atoms in total. The van der Waals surface area contributed by atoms with Gasteiger partial charge in [0.1, 0.15) is 0 Å². The van der Waals surface area contributed by atoms with Crippen LogP contribution in [0.4, 0.5) is 5.69 Å². The van der Waals surface area contributed by atoms with Crippen molar-refractivity contribution in [3.05, 3.63) is 75.2 Å². The molecular formula is C21H19BrN4S2. The van der Waals surface area contributed by atoms with Crippen LogP contribution in [-0.4, -0.2) is 33.6 Å². The number of nitrogens with one attached hydrogen (secondary N) is 1.